The van der Waals surface area contributed by atoms with Crippen LogP contribution < -0.4 is 5.73 Å². The largest absolute Gasteiger partial charge is 0.480 e. The number of carboxylic acid groups (broad SMARTS) is 1. The first-order valence-electron chi connectivity index (χ1n) is 8.28. The van der Waals surface area contributed by atoms with E-state index in [2.05, 4.69) is 9.72 Å². The summed E-state index contributed by atoms with van der Waals surface area (Å²) in [6.07, 6.45) is -4.88. The average molecular weight is 384 g/mol. The summed E-state index contributed by atoms with van der Waals surface area (Å²) in [4.78, 5) is 13.7. The summed E-state index contributed by atoms with van der Waals surface area (Å²) in [6, 6.07) is 6.91. The Labute approximate surface area is 154 Å². The number of benzene rings is 1. The summed E-state index contributed by atoms with van der Waals surface area (Å²) in [7, 11) is 0. The minimum absolute atomic E-state index is 0.347. The predicted molar refractivity (Wildman–Crippen MR) is 93.6 cm³/mol. The number of aromatic nitrogens is 1. The second-order valence-electron chi connectivity index (χ2n) is 6.23. The van der Waals surface area contributed by atoms with Crippen LogP contribution in [0.3, 0.4) is 0 Å². The van der Waals surface area contributed by atoms with Crippen molar-refractivity contribution in [3.05, 3.63) is 36.0 Å². The molecule has 2 heterocycles. The van der Waals surface area contributed by atoms with Crippen molar-refractivity contribution in [1.29, 1.82) is 0 Å². The molecule has 2 unspecified atom stereocenters. The van der Waals surface area contributed by atoms with Crippen LogP contribution in [0.2, 0.25) is 0 Å². The number of hydrogen-bond acceptors (Lipinski definition) is 8. The number of fused-ring (bicyclic) bond motifs is 1. The van der Waals surface area contributed by atoms with Gasteiger partial charge in [-0.25, -0.2) is 0 Å². The Bertz CT molecular complexity index is 747. The maximum absolute atomic E-state index is 10.6. The van der Waals surface area contributed by atoms with Crippen LogP contribution in [-0.4, -0.2) is 84.9 Å². The summed E-state index contributed by atoms with van der Waals surface area (Å²) in [5.41, 5.74) is 7.43. The number of carboxylic acids is 1. The third-order valence-electron chi connectivity index (χ3n) is 4.30. The van der Waals surface area contributed by atoms with E-state index in [0.717, 1.165) is 16.5 Å². The number of para-hydroxylation sites is 1. The van der Waals surface area contributed by atoms with Gasteiger partial charge in [0.2, 0.25) is 0 Å². The van der Waals surface area contributed by atoms with Crippen molar-refractivity contribution in [2.24, 2.45) is 5.73 Å². The van der Waals surface area contributed by atoms with Gasteiger partial charge in [0, 0.05) is 23.5 Å². The van der Waals surface area contributed by atoms with Gasteiger partial charge in [-0.15, -0.1) is 0 Å². The number of nitrogens with one attached hydrogen (secondary N) is 1. The molecule has 0 saturated carbocycles. The lowest BCUT2D eigenvalue weighted by Crippen LogP contribution is -2.58. The minimum Gasteiger partial charge on any atom is -0.480 e. The van der Waals surface area contributed by atoms with E-state index in [1.54, 1.807) is 0 Å². The number of ether oxygens (including phenoxy) is 1. The Morgan fingerprint density at radius 2 is 1.81 bits per heavy atom. The van der Waals surface area contributed by atoms with Crippen LogP contribution in [0, 0.1) is 0 Å². The Balaban J connectivity index is 0.000000199. The van der Waals surface area contributed by atoms with Gasteiger partial charge >= 0.3 is 5.97 Å². The zero-order valence-electron chi connectivity index (χ0n) is 14.3. The van der Waals surface area contributed by atoms with Crippen molar-refractivity contribution in [2.75, 3.05) is 6.61 Å². The number of H-pyrrole nitrogens is 1. The van der Waals surface area contributed by atoms with Gasteiger partial charge in [-0.3, -0.25) is 4.79 Å². The fraction of sp³-hybridized carbons (Fsp3) is 0.471. The predicted octanol–water partition coefficient (Wildman–Crippen LogP) is -2.10. The quantitative estimate of drug-likeness (QED) is 0.292. The molecule has 1 aromatic heterocycles. The molecule has 0 aliphatic carbocycles. The van der Waals surface area contributed by atoms with E-state index in [4.69, 9.17) is 36.4 Å². The highest BCUT2D eigenvalue weighted by Gasteiger charge is 2.42. The molecule has 27 heavy (non-hydrogen) atoms. The number of hydrogen-bond donors (Lipinski definition) is 8. The third-order valence-corrected chi connectivity index (χ3v) is 4.30. The molecule has 6 atom stereocenters. The summed E-state index contributed by atoms with van der Waals surface area (Å²) >= 11 is 0. The van der Waals surface area contributed by atoms with E-state index in [0.29, 0.717) is 6.42 Å². The molecule has 3 rings (SSSR count). The highest BCUT2D eigenvalue weighted by Crippen LogP contribution is 2.19. The van der Waals surface area contributed by atoms with E-state index in [1.807, 2.05) is 30.5 Å². The smallest absolute Gasteiger partial charge is 0.320 e. The Morgan fingerprint density at radius 3 is 2.44 bits per heavy atom. The molecule has 1 fully saturated rings. The Morgan fingerprint density at radius 1 is 1.15 bits per heavy atom. The van der Waals surface area contributed by atoms with Gasteiger partial charge in [0.15, 0.2) is 6.29 Å². The monoisotopic (exact) mass is 384 g/mol. The minimum atomic E-state index is -1.57. The molecular weight excluding hydrogens is 360 g/mol. The molecule has 9 N–H and O–H groups in total. The van der Waals surface area contributed by atoms with Crippen LogP contribution >= 0.6 is 0 Å². The standard InChI is InChI=1S/C11H12N2O2.C6H12O6/c12-9(11(14)15)5-7-6-13-10-4-2-1-3-8(7)10;7-1-2-3(8)4(9)5(10)6(11)12-2/h1-4,6,9,13H,5,12H2,(H,14,15);2-11H,1H2/t;2-,3-,4+,5+,6?/m.1/s1. The molecule has 0 spiro atoms. The van der Waals surface area contributed by atoms with E-state index < -0.39 is 49.3 Å². The van der Waals surface area contributed by atoms with Gasteiger partial charge < -0.3 is 46.1 Å². The number of carbonyl (C=O) groups is 1. The summed E-state index contributed by atoms with van der Waals surface area (Å²) < 4.78 is 4.58. The summed E-state index contributed by atoms with van der Waals surface area (Å²) in [5.74, 6) is -0.972. The van der Waals surface area contributed by atoms with E-state index in [1.165, 1.54) is 0 Å². The fourth-order valence-corrected chi connectivity index (χ4v) is 2.71. The van der Waals surface area contributed by atoms with Crippen LogP contribution in [0.4, 0.5) is 0 Å². The van der Waals surface area contributed by atoms with Crippen LogP contribution in [0.15, 0.2) is 30.5 Å². The summed E-state index contributed by atoms with van der Waals surface area (Å²) in [5, 5.41) is 54.4. The molecule has 0 amide bonds. The van der Waals surface area contributed by atoms with E-state index >= 15 is 0 Å². The number of aliphatic carboxylic acids is 1. The molecule has 1 aliphatic rings. The zero-order chi connectivity index (χ0) is 20.1. The molecule has 10 nitrogen and oxygen atoms in total. The molecule has 2 aromatic rings. The zero-order valence-corrected chi connectivity index (χ0v) is 14.3. The lowest BCUT2D eigenvalue weighted by Gasteiger charge is -2.37. The summed E-state index contributed by atoms with van der Waals surface area (Å²) in [6.45, 7) is -0.526. The van der Waals surface area contributed by atoms with Crippen LogP contribution in [-0.2, 0) is 16.0 Å². The second-order valence-corrected chi connectivity index (χ2v) is 6.23. The first kappa shape index (κ1) is 21.3. The normalized spacial score (nSPS) is 29.0. The van der Waals surface area contributed by atoms with Crippen LogP contribution in [0.25, 0.3) is 10.9 Å². The van der Waals surface area contributed by atoms with Gasteiger partial charge in [-0.1, -0.05) is 18.2 Å². The van der Waals surface area contributed by atoms with Gasteiger partial charge in [0.25, 0.3) is 0 Å². The topological polar surface area (TPSA) is 189 Å². The Kier molecular flexibility index (Phi) is 7.27. The fourth-order valence-electron chi connectivity index (χ4n) is 2.71. The van der Waals surface area contributed by atoms with Crippen molar-refractivity contribution < 1.29 is 40.2 Å². The molecule has 1 saturated heterocycles. The van der Waals surface area contributed by atoms with E-state index in [9.17, 15) is 4.79 Å². The van der Waals surface area contributed by atoms with Gasteiger partial charge in [0.1, 0.15) is 30.5 Å². The molecule has 0 radical (unpaired) electrons. The molecule has 1 aromatic carbocycles. The first-order chi connectivity index (χ1) is 12.8. The van der Waals surface area contributed by atoms with E-state index in [-0.39, 0.29) is 0 Å². The van der Waals surface area contributed by atoms with Gasteiger partial charge in [-0.05, 0) is 11.6 Å². The molecule has 1 aliphatic heterocycles. The molecule has 0 bridgehead atoms. The Hall–Kier alpha value is -2.05. The highest BCUT2D eigenvalue weighted by molar-refractivity contribution is 5.84. The number of aromatic amines is 1. The third kappa shape index (κ3) is 5.02. The highest BCUT2D eigenvalue weighted by atomic mass is 16.6. The van der Waals surface area contributed by atoms with Crippen LogP contribution in [0.5, 0.6) is 0 Å². The van der Waals surface area contributed by atoms with Gasteiger partial charge in [0.05, 0.1) is 6.61 Å². The molecule has 10 heteroatoms. The van der Waals surface area contributed by atoms with Gasteiger partial charge in [-0.2, -0.15) is 0 Å². The molecule has 150 valence electrons. The van der Waals surface area contributed by atoms with Crippen molar-refractivity contribution in [3.63, 3.8) is 0 Å². The molecular formula is C17H24N2O8. The average Bonchev–Trinajstić information content (AvgIpc) is 3.06. The SMILES string of the molecule is NC(Cc1c[nH]c2ccccc12)C(=O)O.OC[C@H]1OC(O)[C@@H](O)[C@@H](O)[C@@H]1O. The number of aliphatic hydroxyl groups excluding tert-OH is 5. The van der Waals surface area contributed by atoms with Crippen molar-refractivity contribution in [3.8, 4) is 0 Å². The lowest BCUT2D eigenvalue weighted by molar-refractivity contribution is -0.286. The maximum Gasteiger partial charge on any atom is 0.320 e. The van der Waals surface area contributed by atoms with Crippen molar-refractivity contribution in [1.82, 2.24) is 4.98 Å². The van der Waals surface area contributed by atoms with Crippen LogP contribution in [0.1, 0.15) is 5.56 Å². The maximum atomic E-state index is 10.6. The number of rotatable bonds is 4. The number of aliphatic hydroxyl groups is 5. The first-order valence-corrected chi connectivity index (χ1v) is 8.28. The van der Waals surface area contributed by atoms with Crippen molar-refractivity contribution in [2.45, 2.75) is 43.2 Å². The number of nitrogens with two attached hydrogens (primary N) is 1. The van der Waals surface area contributed by atoms with Crippen molar-refractivity contribution >= 4 is 16.9 Å². The second kappa shape index (κ2) is 9.24. The lowest BCUT2D eigenvalue weighted by atomic mass is 10.00.